The molecule has 0 unspecified atom stereocenters. The average Bonchev–Trinajstić information content (AvgIpc) is 2.85. The topological polar surface area (TPSA) is 29.9 Å². The minimum Gasteiger partial charge on any atom is -0.310 e. The van der Waals surface area contributed by atoms with Gasteiger partial charge in [-0.2, -0.15) is 18.3 Å². The normalized spacial score (nSPS) is 12.1. The van der Waals surface area contributed by atoms with Gasteiger partial charge in [-0.25, -0.2) is 4.68 Å². The molecule has 0 amide bonds. The number of aromatic nitrogens is 2. The fourth-order valence-corrected chi connectivity index (χ4v) is 2.01. The number of hydrogen-bond donors (Lipinski definition) is 1. The Morgan fingerprint density at radius 1 is 1.29 bits per heavy atom. The van der Waals surface area contributed by atoms with E-state index in [1.165, 1.54) is 4.68 Å². The molecule has 0 saturated heterocycles. The molecule has 114 valence electrons. The van der Waals surface area contributed by atoms with Crippen LogP contribution in [0.5, 0.6) is 0 Å². The molecule has 1 aromatic heterocycles. The molecule has 2 rings (SSSR count). The second kappa shape index (κ2) is 5.89. The smallest absolute Gasteiger partial charge is 0.310 e. The van der Waals surface area contributed by atoms with E-state index in [1.807, 2.05) is 19.1 Å². The number of rotatable bonds is 4. The molecule has 3 nitrogen and oxygen atoms in total. The maximum Gasteiger partial charge on any atom is 0.419 e. The predicted molar refractivity (Wildman–Crippen MR) is 75.3 cm³/mol. The van der Waals surface area contributed by atoms with Gasteiger partial charge in [-0.1, -0.05) is 26.0 Å². The van der Waals surface area contributed by atoms with Crippen LogP contribution in [0.1, 0.15) is 30.5 Å². The molecular formula is C15H18F3N3. The highest BCUT2D eigenvalue weighted by atomic mass is 19.4. The van der Waals surface area contributed by atoms with Crippen molar-refractivity contribution in [1.29, 1.82) is 0 Å². The summed E-state index contributed by atoms with van der Waals surface area (Å²) >= 11 is 0. The van der Waals surface area contributed by atoms with Gasteiger partial charge >= 0.3 is 6.18 Å². The maximum atomic E-state index is 12.6. The average molecular weight is 297 g/mol. The highest BCUT2D eigenvalue weighted by Gasteiger charge is 2.32. The molecule has 0 radical (unpaired) electrons. The second-order valence-electron chi connectivity index (χ2n) is 5.33. The highest BCUT2D eigenvalue weighted by Crippen LogP contribution is 2.29. The summed E-state index contributed by atoms with van der Waals surface area (Å²) in [7, 11) is 0. The van der Waals surface area contributed by atoms with Gasteiger partial charge in [-0.05, 0) is 24.1 Å². The molecule has 0 aliphatic carbocycles. The summed E-state index contributed by atoms with van der Waals surface area (Å²) in [5, 5.41) is 7.10. The Bertz CT molecular complexity index is 615. The summed E-state index contributed by atoms with van der Waals surface area (Å²) in [5.41, 5.74) is 1.88. The zero-order chi connectivity index (χ0) is 15.6. The van der Waals surface area contributed by atoms with E-state index in [1.54, 1.807) is 6.07 Å². The molecular weight excluding hydrogens is 279 g/mol. The van der Waals surface area contributed by atoms with Crippen molar-refractivity contribution in [3.05, 3.63) is 47.3 Å². The standard InChI is InChI=1S/C15H18F3N3/c1-10(2)19-7-12-4-5-14(11(3)6-12)21-9-13(8-20-21)15(16,17)18/h4-6,8-10,19H,7H2,1-3H3. The summed E-state index contributed by atoms with van der Waals surface area (Å²) in [6.45, 7) is 6.71. The van der Waals surface area contributed by atoms with Gasteiger partial charge in [-0.3, -0.25) is 0 Å². The van der Waals surface area contributed by atoms with Crippen molar-refractivity contribution < 1.29 is 13.2 Å². The van der Waals surface area contributed by atoms with Crippen molar-refractivity contribution in [2.45, 2.75) is 39.5 Å². The lowest BCUT2D eigenvalue weighted by Gasteiger charge is -2.11. The first-order valence-electron chi connectivity index (χ1n) is 6.72. The molecule has 1 N–H and O–H groups in total. The number of halogens is 3. The Labute approximate surface area is 121 Å². The van der Waals surface area contributed by atoms with Gasteiger partial charge in [0.1, 0.15) is 0 Å². The Balaban J connectivity index is 2.23. The lowest BCUT2D eigenvalue weighted by atomic mass is 10.1. The Hall–Kier alpha value is -1.82. The highest BCUT2D eigenvalue weighted by molar-refractivity contribution is 5.42. The zero-order valence-electron chi connectivity index (χ0n) is 12.2. The fraction of sp³-hybridized carbons (Fsp3) is 0.400. The third-order valence-electron chi connectivity index (χ3n) is 3.13. The van der Waals surface area contributed by atoms with E-state index in [-0.39, 0.29) is 0 Å². The van der Waals surface area contributed by atoms with Crippen LogP contribution in [0.2, 0.25) is 0 Å². The monoisotopic (exact) mass is 297 g/mol. The Kier molecular flexibility index (Phi) is 4.37. The van der Waals surface area contributed by atoms with Crippen molar-refractivity contribution in [1.82, 2.24) is 15.1 Å². The summed E-state index contributed by atoms with van der Waals surface area (Å²) < 4.78 is 39.0. The van der Waals surface area contributed by atoms with Gasteiger partial charge in [0.15, 0.2) is 0 Å². The van der Waals surface area contributed by atoms with E-state index < -0.39 is 11.7 Å². The Morgan fingerprint density at radius 2 is 2.00 bits per heavy atom. The molecule has 0 aliphatic heterocycles. The summed E-state index contributed by atoms with van der Waals surface area (Å²) in [6.07, 6.45) is -2.52. The van der Waals surface area contributed by atoms with Crippen LogP contribution in [0.15, 0.2) is 30.6 Å². The first kappa shape index (κ1) is 15.6. The largest absolute Gasteiger partial charge is 0.419 e. The van der Waals surface area contributed by atoms with Crippen LogP contribution < -0.4 is 5.32 Å². The number of nitrogens with one attached hydrogen (secondary N) is 1. The zero-order valence-corrected chi connectivity index (χ0v) is 12.2. The molecule has 0 aliphatic rings. The van der Waals surface area contributed by atoms with Crippen LogP contribution in [-0.4, -0.2) is 15.8 Å². The van der Waals surface area contributed by atoms with E-state index in [9.17, 15) is 13.2 Å². The maximum absolute atomic E-state index is 12.6. The van der Waals surface area contributed by atoms with Crippen LogP contribution in [0.4, 0.5) is 13.2 Å². The quantitative estimate of drug-likeness (QED) is 0.932. The fourth-order valence-electron chi connectivity index (χ4n) is 2.01. The molecule has 21 heavy (non-hydrogen) atoms. The van der Waals surface area contributed by atoms with Crippen molar-refractivity contribution in [3.8, 4) is 5.69 Å². The van der Waals surface area contributed by atoms with Gasteiger partial charge < -0.3 is 5.32 Å². The molecule has 0 bridgehead atoms. The van der Waals surface area contributed by atoms with Crippen molar-refractivity contribution in [2.24, 2.45) is 0 Å². The van der Waals surface area contributed by atoms with Crippen LogP contribution >= 0.6 is 0 Å². The van der Waals surface area contributed by atoms with E-state index in [0.29, 0.717) is 11.7 Å². The van der Waals surface area contributed by atoms with Crippen molar-refractivity contribution >= 4 is 0 Å². The third kappa shape index (κ3) is 3.85. The van der Waals surface area contributed by atoms with Crippen LogP contribution in [0, 0.1) is 6.92 Å². The van der Waals surface area contributed by atoms with E-state index in [4.69, 9.17) is 0 Å². The molecule has 0 fully saturated rings. The van der Waals surface area contributed by atoms with Gasteiger partial charge in [0, 0.05) is 18.8 Å². The van der Waals surface area contributed by atoms with Gasteiger partial charge in [0.25, 0.3) is 0 Å². The lowest BCUT2D eigenvalue weighted by molar-refractivity contribution is -0.137. The van der Waals surface area contributed by atoms with Gasteiger partial charge in [0.2, 0.25) is 0 Å². The molecule has 0 saturated carbocycles. The van der Waals surface area contributed by atoms with E-state index in [0.717, 1.165) is 30.1 Å². The van der Waals surface area contributed by atoms with Crippen LogP contribution in [-0.2, 0) is 12.7 Å². The van der Waals surface area contributed by atoms with Gasteiger partial charge in [-0.15, -0.1) is 0 Å². The number of nitrogens with zero attached hydrogens (tertiary/aromatic N) is 2. The summed E-state index contributed by atoms with van der Waals surface area (Å²) in [6, 6.07) is 6.03. The molecule has 2 aromatic rings. The minimum atomic E-state index is -4.37. The third-order valence-corrected chi connectivity index (χ3v) is 3.13. The van der Waals surface area contributed by atoms with E-state index >= 15 is 0 Å². The summed E-state index contributed by atoms with van der Waals surface area (Å²) in [4.78, 5) is 0. The number of benzene rings is 1. The second-order valence-corrected chi connectivity index (χ2v) is 5.33. The number of aryl methyl sites for hydroxylation is 1. The predicted octanol–water partition coefficient (Wildman–Crippen LogP) is 3.70. The summed E-state index contributed by atoms with van der Waals surface area (Å²) in [5.74, 6) is 0. The molecule has 0 spiro atoms. The lowest BCUT2D eigenvalue weighted by Crippen LogP contribution is -2.21. The Morgan fingerprint density at radius 3 is 2.52 bits per heavy atom. The van der Waals surface area contributed by atoms with Crippen LogP contribution in [0.25, 0.3) is 5.69 Å². The SMILES string of the molecule is Cc1cc(CNC(C)C)ccc1-n1cc(C(F)(F)F)cn1. The molecule has 0 atom stereocenters. The first-order valence-corrected chi connectivity index (χ1v) is 6.72. The van der Waals surface area contributed by atoms with Gasteiger partial charge in [0.05, 0.1) is 17.4 Å². The van der Waals surface area contributed by atoms with Crippen LogP contribution in [0.3, 0.4) is 0 Å². The number of hydrogen-bond acceptors (Lipinski definition) is 2. The van der Waals surface area contributed by atoms with Crippen molar-refractivity contribution in [3.63, 3.8) is 0 Å². The molecule has 1 heterocycles. The van der Waals surface area contributed by atoms with Crippen molar-refractivity contribution in [2.75, 3.05) is 0 Å². The molecule has 6 heteroatoms. The van der Waals surface area contributed by atoms with E-state index in [2.05, 4.69) is 24.3 Å². The molecule has 1 aromatic carbocycles. The minimum absolute atomic E-state index is 0.380. The first-order chi connectivity index (χ1) is 9.77. The number of alkyl halides is 3.